The van der Waals surface area contributed by atoms with Crippen LogP contribution >= 0.6 is 37.2 Å². The summed E-state index contributed by atoms with van der Waals surface area (Å²) in [6.45, 7) is 7.13. The average Bonchev–Trinajstić information content (AvgIpc) is 3.09. The summed E-state index contributed by atoms with van der Waals surface area (Å²) in [5, 5.41) is 6.18. The summed E-state index contributed by atoms with van der Waals surface area (Å²) in [5.41, 5.74) is 9.31. The Hall–Kier alpha value is -3.74. The van der Waals surface area contributed by atoms with E-state index < -0.39 is 0 Å². The van der Waals surface area contributed by atoms with Crippen molar-refractivity contribution in [3.63, 3.8) is 0 Å². The molecule has 11 nitrogen and oxygen atoms in total. The molecule has 1 heterocycles. The molecule has 1 aliphatic heterocycles. The first-order valence-corrected chi connectivity index (χ1v) is 16.7. The number of rotatable bonds is 16. The average molecular weight is 768 g/mol. The molecule has 3 aromatic carbocycles. The molecule has 0 spiro atoms. The lowest BCUT2D eigenvalue weighted by atomic mass is 10.1. The lowest BCUT2D eigenvalue weighted by Gasteiger charge is -2.32. The zero-order valence-electron chi connectivity index (χ0n) is 29.9. The second kappa shape index (κ2) is 22.9. The van der Waals surface area contributed by atoms with E-state index in [4.69, 9.17) is 15.2 Å². The number of benzene rings is 3. The van der Waals surface area contributed by atoms with Crippen molar-refractivity contribution < 1.29 is 23.9 Å². The van der Waals surface area contributed by atoms with E-state index in [1.807, 2.05) is 42.2 Å². The van der Waals surface area contributed by atoms with Crippen LogP contribution in [0.25, 0.3) is 0 Å². The maximum atomic E-state index is 13.7. The van der Waals surface area contributed by atoms with E-state index in [2.05, 4.69) is 22.6 Å². The van der Waals surface area contributed by atoms with Crippen LogP contribution in [0.1, 0.15) is 58.4 Å². The number of hydrogen-bond acceptors (Lipinski definition) is 8. The number of carbonyl (C=O) groups excluding carboxylic acids is 3. The Balaban J connectivity index is 0.00000433. The second-order valence-electron chi connectivity index (χ2n) is 12.2. The number of amides is 3. The van der Waals surface area contributed by atoms with Crippen LogP contribution in [-0.2, 0) is 4.79 Å². The number of halogens is 3. The molecule has 0 saturated carbocycles. The number of anilines is 3. The van der Waals surface area contributed by atoms with Gasteiger partial charge < -0.3 is 40.5 Å². The summed E-state index contributed by atoms with van der Waals surface area (Å²) in [5.74, 6) is 0.658. The predicted octanol–water partition coefficient (Wildman–Crippen LogP) is 6.27. The molecule has 1 fully saturated rings. The van der Waals surface area contributed by atoms with E-state index in [0.717, 1.165) is 57.4 Å². The fourth-order valence-electron chi connectivity index (χ4n) is 5.55. The number of carbonyl (C=O) groups is 3. The molecular weight excluding hydrogens is 715 g/mol. The van der Waals surface area contributed by atoms with Gasteiger partial charge in [0.25, 0.3) is 11.8 Å². The first-order chi connectivity index (χ1) is 23.2. The van der Waals surface area contributed by atoms with Gasteiger partial charge in [0.2, 0.25) is 5.91 Å². The molecule has 0 aromatic heterocycles. The molecule has 3 amide bonds. The number of nitrogens with one attached hydrogen (secondary N) is 2. The topological polar surface area (TPSA) is 129 Å². The number of unbranched alkanes of at least 4 members (excludes halogenated alkanes) is 2. The molecule has 282 valence electrons. The summed E-state index contributed by atoms with van der Waals surface area (Å²) in [4.78, 5) is 45.2. The van der Waals surface area contributed by atoms with Crippen molar-refractivity contribution in [2.24, 2.45) is 5.73 Å². The highest BCUT2D eigenvalue weighted by Crippen LogP contribution is 2.32. The summed E-state index contributed by atoms with van der Waals surface area (Å²) in [6.07, 6.45) is 3.85. The number of hydrogen-bond donors (Lipinski definition) is 3. The highest BCUT2D eigenvalue weighted by atomic mass is 35.5. The smallest absolute Gasteiger partial charge is 0.258 e. The molecule has 0 aliphatic carbocycles. The maximum Gasteiger partial charge on any atom is 0.258 e. The number of nitrogens with two attached hydrogens (primary N) is 1. The second-order valence-corrected chi connectivity index (χ2v) is 12.2. The molecule has 0 atom stereocenters. The molecule has 3 aromatic rings. The molecular formula is C37H53Cl3N6O5. The fraction of sp³-hybridized carbons (Fsp3) is 0.432. The number of piperazine rings is 1. The van der Waals surface area contributed by atoms with Gasteiger partial charge in [-0.3, -0.25) is 14.4 Å². The van der Waals surface area contributed by atoms with Crippen molar-refractivity contribution in [1.82, 2.24) is 9.80 Å². The highest BCUT2D eigenvalue weighted by molar-refractivity contribution is 6.10. The van der Waals surface area contributed by atoms with Crippen LogP contribution in [0.2, 0.25) is 0 Å². The quantitative estimate of drug-likeness (QED) is 0.146. The molecule has 1 aliphatic rings. The van der Waals surface area contributed by atoms with Gasteiger partial charge in [-0.15, -0.1) is 37.2 Å². The van der Waals surface area contributed by atoms with E-state index in [1.54, 1.807) is 42.3 Å². The molecule has 14 heteroatoms. The monoisotopic (exact) mass is 766 g/mol. The van der Waals surface area contributed by atoms with E-state index in [-0.39, 0.29) is 54.9 Å². The first kappa shape index (κ1) is 45.3. The summed E-state index contributed by atoms with van der Waals surface area (Å²) in [7, 11) is 5.29. The molecule has 4 rings (SSSR count). The van der Waals surface area contributed by atoms with Crippen LogP contribution in [0.4, 0.5) is 17.1 Å². The Morgan fingerprint density at radius 3 is 2.29 bits per heavy atom. The lowest BCUT2D eigenvalue weighted by Crippen LogP contribution is -2.47. The molecule has 4 N–H and O–H groups in total. The van der Waals surface area contributed by atoms with Gasteiger partial charge in [-0.1, -0.05) is 18.2 Å². The third-order valence-electron chi connectivity index (χ3n) is 8.49. The van der Waals surface area contributed by atoms with Crippen molar-refractivity contribution in [3.05, 3.63) is 77.4 Å². The molecule has 0 unspecified atom stereocenters. The lowest BCUT2D eigenvalue weighted by molar-refractivity contribution is -0.132. The van der Waals surface area contributed by atoms with Gasteiger partial charge in [0.15, 0.2) is 0 Å². The van der Waals surface area contributed by atoms with Gasteiger partial charge in [-0.05, 0) is 94.2 Å². The van der Waals surface area contributed by atoms with Gasteiger partial charge in [0.1, 0.15) is 11.5 Å². The number of methoxy groups -OCH3 is 1. The zero-order valence-corrected chi connectivity index (χ0v) is 32.4. The van der Waals surface area contributed by atoms with Crippen molar-refractivity contribution in [2.45, 2.75) is 39.0 Å². The van der Waals surface area contributed by atoms with Gasteiger partial charge in [-0.25, -0.2) is 0 Å². The molecule has 51 heavy (non-hydrogen) atoms. The zero-order chi connectivity index (χ0) is 34.5. The minimum absolute atomic E-state index is 0. The van der Waals surface area contributed by atoms with Gasteiger partial charge in [-0.2, -0.15) is 0 Å². The van der Waals surface area contributed by atoms with Crippen LogP contribution in [-0.4, -0.2) is 94.6 Å². The minimum atomic E-state index is -0.302. The number of para-hydroxylation sites is 1. The summed E-state index contributed by atoms with van der Waals surface area (Å²) < 4.78 is 11.8. The van der Waals surface area contributed by atoms with E-state index in [9.17, 15) is 14.4 Å². The molecule has 0 bridgehead atoms. The standard InChI is InChI=1S/C37H50N6O5.3ClH/c1-27-14-17-32(34(25-27)48-24-9-5-6-13-35(44)43-22-20-41(2)21-23-43)42(3)37(46)28-15-16-31(33(26-28)47-4)40-36(45)29-11-7-8-12-30(29)39-19-10-18-38;;;/h7-8,11-12,14-17,25-26,39H,5-6,9-10,13,18-24,38H2,1-4H3,(H,40,45);3*1H. The van der Waals surface area contributed by atoms with Gasteiger partial charge in [0, 0.05) is 57.4 Å². The van der Waals surface area contributed by atoms with Gasteiger partial charge >= 0.3 is 0 Å². The minimum Gasteiger partial charge on any atom is -0.495 e. The first-order valence-electron chi connectivity index (χ1n) is 16.7. The summed E-state index contributed by atoms with van der Waals surface area (Å²) >= 11 is 0. The van der Waals surface area contributed by atoms with Gasteiger partial charge in [0.05, 0.1) is 30.7 Å². The number of nitrogens with zero attached hydrogens (tertiary/aromatic N) is 3. The van der Waals surface area contributed by atoms with Crippen molar-refractivity contribution in [3.8, 4) is 11.5 Å². The Labute approximate surface area is 320 Å². The highest BCUT2D eigenvalue weighted by Gasteiger charge is 2.21. The van der Waals surface area contributed by atoms with Crippen LogP contribution in [0.3, 0.4) is 0 Å². The van der Waals surface area contributed by atoms with Crippen LogP contribution in [0.15, 0.2) is 60.7 Å². The molecule has 0 radical (unpaired) electrons. The Kier molecular flexibility index (Phi) is 20.4. The number of likely N-dealkylation sites (N-methyl/N-ethyl adjacent to an activating group) is 1. The largest absolute Gasteiger partial charge is 0.495 e. The van der Waals surface area contributed by atoms with E-state index in [1.165, 1.54) is 7.11 Å². The number of ether oxygens (including phenoxy) is 2. The van der Waals surface area contributed by atoms with Crippen molar-refractivity contribution in [2.75, 3.05) is 82.6 Å². The van der Waals surface area contributed by atoms with E-state index in [0.29, 0.717) is 65.8 Å². The van der Waals surface area contributed by atoms with Crippen LogP contribution in [0.5, 0.6) is 11.5 Å². The Morgan fingerprint density at radius 1 is 0.863 bits per heavy atom. The summed E-state index contributed by atoms with van der Waals surface area (Å²) in [6, 6.07) is 18.0. The normalized spacial score (nSPS) is 12.4. The third kappa shape index (κ3) is 13.1. The van der Waals surface area contributed by atoms with Crippen molar-refractivity contribution in [1.29, 1.82) is 0 Å². The van der Waals surface area contributed by atoms with Crippen molar-refractivity contribution >= 4 is 72.0 Å². The van der Waals surface area contributed by atoms with E-state index >= 15 is 0 Å². The predicted molar refractivity (Wildman–Crippen MR) is 213 cm³/mol. The van der Waals surface area contributed by atoms with Crippen LogP contribution < -0.4 is 30.7 Å². The Morgan fingerprint density at radius 2 is 1.59 bits per heavy atom. The molecule has 1 saturated heterocycles. The fourth-order valence-corrected chi connectivity index (χ4v) is 5.55. The number of aryl methyl sites for hydroxylation is 1. The Bertz CT molecular complexity index is 1550. The maximum absolute atomic E-state index is 13.7. The SMILES string of the molecule is COc1cc(C(=O)N(C)c2ccc(C)cc2OCCCCCC(=O)N2CCN(C)CC2)ccc1NC(=O)c1ccccc1NCCCN.Cl.Cl.Cl. The third-order valence-corrected chi connectivity index (χ3v) is 8.49. The van der Waals surface area contributed by atoms with Crippen LogP contribution in [0, 0.1) is 6.92 Å².